The molecule has 2 heteroatoms. The summed E-state index contributed by atoms with van der Waals surface area (Å²) < 4.78 is 0. The van der Waals surface area contributed by atoms with Gasteiger partial charge in [-0.15, -0.1) is 9.24 Å². The predicted molar refractivity (Wildman–Crippen MR) is 64.9 cm³/mol. The Morgan fingerprint density at radius 3 is 2.71 bits per heavy atom. The summed E-state index contributed by atoms with van der Waals surface area (Å²) in [6, 6.07) is 10.5. The minimum absolute atomic E-state index is 0.942. The quantitative estimate of drug-likeness (QED) is 0.655. The molecule has 0 spiro atoms. The lowest BCUT2D eigenvalue weighted by atomic mass is 10.1. The van der Waals surface area contributed by atoms with Crippen LogP contribution in [0.25, 0.3) is 0 Å². The summed E-state index contributed by atoms with van der Waals surface area (Å²) in [5.41, 5.74) is 2.54. The highest BCUT2D eigenvalue weighted by Crippen LogP contribution is 2.16. The minimum Gasteiger partial charge on any atom is -0.289 e. The molecule has 1 heterocycles. The molecule has 72 valence electrons. The van der Waals surface area contributed by atoms with Crippen molar-refractivity contribution >= 4 is 15.0 Å². The molecule has 14 heavy (non-hydrogen) atoms. The molecule has 0 bridgehead atoms. The average Bonchev–Trinajstić information content (AvgIpc) is 2.19. The Kier molecular flexibility index (Phi) is 3.10. The van der Waals surface area contributed by atoms with Gasteiger partial charge >= 0.3 is 0 Å². The van der Waals surface area contributed by atoms with Gasteiger partial charge in [-0.25, -0.2) is 0 Å². The van der Waals surface area contributed by atoms with Gasteiger partial charge in [0.15, 0.2) is 0 Å². The van der Waals surface area contributed by atoms with E-state index in [1.54, 1.807) is 0 Å². The first-order valence-corrected chi connectivity index (χ1v) is 5.45. The van der Waals surface area contributed by atoms with E-state index < -0.39 is 0 Å². The zero-order chi connectivity index (χ0) is 9.80. The molecule has 1 nitrogen and oxygen atoms in total. The molecule has 0 radical (unpaired) electrons. The molecule has 1 atom stereocenters. The Balaban J connectivity index is 2.09. The molecule has 0 saturated heterocycles. The third-order valence-corrected chi connectivity index (χ3v) is 2.75. The van der Waals surface area contributed by atoms with Crippen LogP contribution >= 0.6 is 9.24 Å². The lowest BCUT2D eigenvalue weighted by Crippen LogP contribution is -2.05. The van der Waals surface area contributed by atoms with Crippen molar-refractivity contribution in [1.29, 1.82) is 0 Å². The van der Waals surface area contributed by atoms with E-state index in [9.17, 15) is 0 Å². The number of nitrogens with zero attached hydrogens (tertiary/aromatic N) is 1. The van der Waals surface area contributed by atoms with E-state index in [0.717, 1.165) is 19.4 Å². The fourth-order valence-electron chi connectivity index (χ4n) is 1.57. The standard InChI is InChI=1S/C12H14NP/c14-12-6-7-13-11(9-12)8-10-4-2-1-3-5-10/h1-5,9H,6-8,14H2. The van der Waals surface area contributed by atoms with Crippen LogP contribution in [0.4, 0.5) is 0 Å². The van der Waals surface area contributed by atoms with E-state index in [0.29, 0.717) is 0 Å². The first-order chi connectivity index (χ1) is 6.84. The molecule has 1 unspecified atom stereocenters. The predicted octanol–water partition coefficient (Wildman–Crippen LogP) is 2.83. The maximum Gasteiger partial charge on any atom is 0.0433 e. The third kappa shape index (κ3) is 2.52. The summed E-state index contributed by atoms with van der Waals surface area (Å²) in [6.45, 7) is 0.942. The van der Waals surface area contributed by atoms with Crippen LogP contribution in [0.15, 0.2) is 46.7 Å². The highest BCUT2D eigenvalue weighted by atomic mass is 31.0. The minimum atomic E-state index is 0.942. The van der Waals surface area contributed by atoms with Gasteiger partial charge in [0.1, 0.15) is 0 Å². The summed E-state index contributed by atoms with van der Waals surface area (Å²) >= 11 is 0. The number of hydrogen-bond donors (Lipinski definition) is 0. The van der Waals surface area contributed by atoms with Crippen LogP contribution < -0.4 is 0 Å². The highest BCUT2D eigenvalue weighted by Gasteiger charge is 2.03. The Morgan fingerprint density at radius 2 is 2.00 bits per heavy atom. The Bertz CT molecular complexity index is 365. The van der Waals surface area contributed by atoms with Gasteiger partial charge in [0.2, 0.25) is 0 Å². The van der Waals surface area contributed by atoms with Gasteiger partial charge in [0.25, 0.3) is 0 Å². The number of aliphatic imine (C=N–C) groups is 1. The van der Waals surface area contributed by atoms with Gasteiger partial charge in [0.05, 0.1) is 0 Å². The van der Waals surface area contributed by atoms with Crippen molar-refractivity contribution in [3.63, 3.8) is 0 Å². The SMILES string of the molecule is PC1=CC(Cc2ccccc2)=NCC1. The lowest BCUT2D eigenvalue weighted by molar-refractivity contribution is 0.972. The van der Waals surface area contributed by atoms with Crippen LogP contribution in [0, 0.1) is 0 Å². The number of benzene rings is 1. The topological polar surface area (TPSA) is 12.4 Å². The van der Waals surface area contributed by atoms with Crippen LogP contribution in [0.5, 0.6) is 0 Å². The normalized spacial score (nSPS) is 16.1. The Morgan fingerprint density at radius 1 is 1.21 bits per heavy atom. The highest BCUT2D eigenvalue weighted by molar-refractivity contribution is 7.22. The van der Waals surface area contributed by atoms with E-state index in [-0.39, 0.29) is 0 Å². The molecule has 1 aromatic carbocycles. The maximum absolute atomic E-state index is 4.50. The molecule has 1 aliphatic rings. The lowest BCUT2D eigenvalue weighted by Gasteiger charge is -2.09. The summed E-state index contributed by atoms with van der Waals surface area (Å²) in [4.78, 5) is 4.50. The van der Waals surface area contributed by atoms with Crippen LogP contribution in [-0.4, -0.2) is 12.3 Å². The van der Waals surface area contributed by atoms with Crippen molar-refractivity contribution in [1.82, 2.24) is 0 Å². The molecule has 0 saturated carbocycles. The molecule has 1 aliphatic heterocycles. The van der Waals surface area contributed by atoms with Crippen LogP contribution in [-0.2, 0) is 6.42 Å². The zero-order valence-electron chi connectivity index (χ0n) is 8.11. The van der Waals surface area contributed by atoms with Crippen molar-refractivity contribution in [2.24, 2.45) is 4.99 Å². The monoisotopic (exact) mass is 203 g/mol. The van der Waals surface area contributed by atoms with Crippen molar-refractivity contribution in [3.8, 4) is 0 Å². The first-order valence-electron chi connectivity index (χ1n) is 4.88. The van der Waals surface area contributed by atoms with Gasteiger partial charge in [0, 0.05) is 18.7 Å². The Labute approximate surface area is 87.2 Å². The number of hydrogen-bond acceptors (Lipinski definition) is 1. The second-order valence-corrected chi connectivity index (χ2v) is 4.25. The number of dihydropyridines is 1. The van der Waals surface area contributed by atoms with E-state index in [2.05, 4.69) is 44.6 Å². The smallest absolute Gasteiger partial charge is 0.0433 e. The van der Waals surface area contributed by atoms with Crippen molar-refractivity contribution in [2.75, 3.05) is 6.54 Å². The third-order valence-electron chi connectivity index (χ3n) is 2.30. The fraction of sp³-hybridized carbons (Fsp3) is 0.250. The van der Waals surface area contributed by atoms with Crippen LogP contribution in [0.2, 0.25) is 0 Å². The van der Waals surface area contributed by atoms with E-state index in [1.165, 1.54) is 16.6 Å². The Hall–Kier alpha value is -0.940. The van der Waals surface area contributed by atoms with Gasteiger partial charge in [-0.05, 0) is 23.4 Å². The van der Waals surface area contributed by atoms with Crippen molar-refractivity contribution < 1.29 is 0 Å². The number of allylic oxidation sites excluding steroid dienone is 1. The number of rotatable bonds is 2. The van der Waals surface area contributed by atoms with Crippen molar-refractivity contribution in [2.45, 2.75) is 12.8 Å². The summed E-state index contributed by atoms with van der Waals surface area (Å²) in [5.74, 6) is 0. The zero-order valence-corrected chi connectivity index (χ0v) is 9.26. The van der Waals surface area contributed by atoms with Crippen LogP contribution in [0.1, 0.15) is 12.0 Å². The second-order valence-electron chi connectivity index (χ2n) is 3.50. The molecule has 1 aromatic rings. The fourth-order valence-corrected chi connectivity index (χ4v) is 1.89. The van der Waals surface area contributed by atoms with E-state index >= 15 is 0 Å². The second kappa shape index (κ2) is 4.52. The molecule has 0 aliphatic carbocycles. The molecular formula is C12H14NP. The molecule has 0 fully saturated rings. The molecule has 0 aromatic heterocycles. The largest absolute Gasteiger partial charge is 0.289 e. The maximum atomic E-state index is 4.50. The summed E-state index contributed by atoms with van der Waals surface area (Å²) in [6.07, 6.45) is 4.23. The van der Waals surface area contributed by atoms with Gasteiger partial charge in [-0.3, -0.25) is 4.99 Å². The van der Waals surface area contributed by atoms with Gasteiger partial charge in [-0.1, -0.05) is 30.3 Å². The summed E-state index contributed by atoms with van der Waals surface area (Å²) in [5, 5.41) is 1.37. The van der Waals surface area contributed by atoms with Crippen LogP contribution in [0.3, 0.4) is 0 Å². The van der Waals surface area contributed by atoms with E-state index in [1.807, 2.05) is 6.07 Å². The van der Waals surface area contributed by atoms with E-state index in [4.69, 9.17) is 0 Å². The average molecular weight is 203 g/mol. The van der Waals surface area contributed by atoms with Gasteiger partial charge in [-0.2, -0.15) is 0 Å². The van der Waals surface area contributed by atoms with Gasteiger partial charge < -0.3 is 0 Å². The summed E-state index contributed by atoms with van der Waals surface area (Å²) in [7, 11) is 2.78. The molecule has 2 rings (SSSR count). The molecular weight excluding hydrogens is 189 g/mol. The molecule has 0 amide bonds. The van der Waals surface area contributed by atoms with Crippen molar-refractivity contribution in [3.05, 3.63) is 47.3 Å². The first kappa shape index (κ1) is 9.61. The molecule has 0 N–H and O–H groups in total.